The smallest absolute Gasteiger partial charge is 0.338 e. The summed E-state index contributed by atoms with van der Waals surface area (Å²) in [6.07, 6.45) is 0.477. The first-order chi connectivity index (χ1) is 15.3. The van der Waals surface area contributed by atoms with Crippen LogP contribution in [0.3, 0.4) is 0 Å². The van der Waals surface area contributed by atoms with E-state index in [1.807, 2.05) is 24.8 Å². The Morgan fingerprint density at radius 2 is 1.94 bits per heavy atom. The van der Waals surface area contributed by atoms with Crippen molar-refractivity contribution in [3.8, 4) is 0 Å². The lowest BCUT2D eigenvalue weighted by molar-refractivity contribution is -0.139. The van der Waals surface area contributed by atoms with Gasteiger partial charge in [-0.05, 0) is 25.5 Å². The Morgan fingerprint density at radius 3 is 2.56 bits per heavy atom. The Bertz CT molecular complexity index is 919. The van der Waals surface area contributed by atoms with Gasteiger partial charge in [0, 0.05) is 56.4 Å². The Hall–Kier alpha value is -2.58. The molecule has 0 aliphatic carbocycles. The van der Waals surface area contributed by atoms with Gasteiger partial charge in [0.1, 0.15) is 0 Å². The predicted octanol–water partition coefficient (Wildman–Crippen LogP) is 2.80. The number of ether oxygens (including phenoxy) is 1. The first-order valence-corrected chi connectivity index (χ1v) is 11.4. The lowest BCUT2D eigenvalue weighted by Crippen LogP contribution is -2.56. The fourth-order valence-electron chi connectivity index (χ4n) is 4.30. The summed E-state index contributed by atoms with van der Waals surface area (Å²) < 4.78 is 5.37. The first kappa shape index (κ1) is 24.1. The van der Waals surface area contributed by atoms with E-state index in [0.29, 0.717) is 54.5 Å². The Morgan fingerprint density at radius 1 is 1.22 bits per heavy atom. The summed E-state index contributed by atoms with van der Waals surface area (Å²) in [6, 6.07) is 6.18. The second-order valence-corrected chi connectivity index (χ2v) is 8.48. The molecule has 0 bridgehead atoms. The molecule has 1 aromatic carbocycles. The third-order valence-corrected chi connectivity index (χ3v) is 6.34. The third kappa shape index (κ3) is 4.91. The van der Waals surface area contributed by atoms with Crippen LogP contribution in [0, 0.1) is 0 Å². The van der Waals surface area contributed by atoms with Crippen molar-refractivity contribution in [2.75, 3.05) is 39.8 Å². The molecule has 3 amide bonds. The number of rotatable bonds is 6. The average molecular weight is 463 g/mol. The topological polar surface area (TPSA) is 82.2 Å². The Kier molecular flexibility index (Phi) is 7.79. The number of hydrogen-bond acceptors (Lipinski definition) is 5. The number of urea groups is 1. The van der Waals surface area contributed by atoms with E-state index in [1.165, 1.54) is 4.90 Å². The van der Waals surface area contributed by atoms with Crippen LogP contribution < -0.4 is 5.32 Å². The molecule has 1 aromatic rings. The van der Waals surface area contributed by atoms with Crippen LogP contribution in [-0.4, -0.2) is 78.5 Å². The molecular weight excluding hydrogens is 432 g/mol. The number of amides is 3. The molecule has 2 atom stereocenters. The van der Waals surface area contributed by atoms with Gasteiger partial charge in [0.25, 0.3) is 0 Å². The summed E-state index contributed by atoms with van der Waals surface area (Å²) in [4.78, 5) is 43.6. The summed E-state index contributed by atoms with van der Waals surface area (Å²) in [6.45, 7) is 8.15. The maximum absolute atomic E-state index is 13.1. The standard InChI is InChI=1S/C23H31ClN4O4/c1-5-19(29)28-12-11-27(13-15(28)3)14-18-20(22(30)32-6-2)21(25-23(31)26(18)4)16-9-7-8-10-17(16)24/h7-10,15,21H,5-6,11-14H2,1-4H3,(H,25,31)/t15-,21-/m0/s1. The summed E-state index contributed by atoms with van der Waals surface area (Å²) in [7, 11) is 1.65. The van der Waals surface area contributed by atoms with Crippen LogP contribution in [0.1, 0.15) is 38.8 Å². The van der Waals surface area contributed by atoms with Crippen LogP contribution in [0.25, 0.3) is 0 Å². The molecule has 0 radical (unpaired) electrons. The molecule has 0 unspecified atom stereocenters. The molecule has 9 heteroatoms. The number of piperazine rings is 1. The molecule has 1 N–H and O–H groups in total. The number of hydrogen-bond donors (Lipinski definition) is 1. The van der Waals surface area contributed by atoms with Gasteiger partial charge in [0.15, 0.2) is 0 Å². The maximum Gasteiger partial charge on any atom is 0.338 e. The lowest BCUT2D eigenvalue weighted by atomic mass is 9.94. The van der Waals surface area contributed by atoms with E-state index in [9.17, 15) is 14.4 Å². The van der Waals surface area contributed by atoms with Crippen molar-refractivity contribution in [3.63, 3.8) is 0 Å². The first-order valence-electron chi connectivity index (χ1n) is 11.0. The molecule has 3 rings (SSSR count). The van der Waals surface area contributed by atoms with E-state index >= 15 is 0 Å². The van der Waals surface area contributed by atoms with Crippen LogP contribution in [0.2, 0.25) is 5.02 Å². The number of nitrogens with one attached hydrogen (secondary N) is 1. The van der Waals surface area contributed by atoms with Crippen molar-refractivity contribution in [1.29, 1.82) is 0 Å². The van der Waals surface area contributed by atoms with Crippen molar-refractivity contribution >= 4 is 29.5 Å². The molecule has 8 nitrogen and oxygen atoms in total. The SMILES string of the molecule is CCOC(=O)C1=C(CN2CCN(C(=O)CC)[C@@H](C)C2)N(C)C(=O)N[C@H]1c1ccccc1Cl. The largest absolute Gasteiger partial charge is 0.463 e. The summed E-state index contributed by atoms with van der Waals surface area (Å²) in [5, 5.41) is 3.35. The highest BCUT2D eigenvalue weighted by atomic mass is 35.5. The van der Waals surface area contributed by atoms with E-state index in [-0.39, 0.29) is 24.6 Å². The maximum atomic E-state index is 13.1. The molecule has 0 saturated carbocycles. The minimum absolute atomic E-state index is 0.0462. The molecular formula is C23H31ClN4O4. The fourth-order valence-corrected chi connectivity index (χ4v) is 4.55. The zero-order chi connectivity index (χ0) is 23.4. The van der Waals surface area contributed by atoms with Crippen LogP contribution in [0.5, 0.6) is 0 Å². The van der Waals surface area contributed by atoms with E-state index in [1.54, 1.807) is 32.2 Å². The van der Waals surface area contributed by atoms with Crippen LogP contribution in [0.4, 0.5) is 4.79 Å². The van der Waals surface area contributed by atoms with Crippen LogP contribution in [0.15, 0.2) is 35.5 Å². The van der Waals surface area contributed by atoms with E-state index in [2.05, 4.69) is 10.2 Å². The molecule has 2 heterocycles. The van der Waals surface area contributed by atoms with Crippen molar-refractivity contribution in [1.82, 2.24) is 20.0 Å². The third-order valence-electron chi connectivity index (χ3n) is 6.00. The summed E-state index contributed by atoms with van der Waals surface area (Å²) >= 11 is 6.42. The van der Waals surface area contributed by atoms with Crippen LogP contribution >= 0.6 is 11.6 Å². The van der Waals surface area contributed by atoms with Crippen LogP contribution in [-0.2, 0) is 14.3 Å². The van der Waals surface area contributed by atoms with E-state index in [4.69, 9.17) is 16.3 Å². The molecule has 0 aromatic heterocycles. The number of carbonyl (C=O) groups excluding carboxylic acids is 3. The van der Waals surface area contributed by atoms with Gasteiger partial charge in [-0.2, -0.15) is 0 Å². The highest BCUT2D eigenvalue weighted by Gasteiger charge is 2.39. The van der Waals surface area contributed by atoms with Crippen molar-refractivity contribution in [3.05, 3.63) is 46.1 Å². The second-order valence-electron chi connectivity index (χ2n) is 8.07. The van der Waals surface area contributed by atoms with Gasteiger partial charge in [-0.25, -0.2) is 9.59 Å². The number of esters is 1. The average Bonchev–Trinajstić information content (AvgIpc) is 2.77. The monoisotopic (exact) mass is 462 g/mol. The van der Waals surface area contributed by atoms with Gasteiger partial charge in [-0.15, -0.1) is 0 Å². The molecule has 32 heavy (non-hydrogen) atoms. The van der Waals surface area contributed by atoms with Crippen molar-refractivity contribution in [2.24, 2.45) is 0 Å². The molecule has 2 aliphatic heterocycles. The molecule has 0 spiro atoms. The van der Waals surface area contributed by atoms with Gasteiger partial charge in [-0.1, -0.05) is 36.7 Å². The van der Waals surface area contributed by atoms with Gasteiger partial charge in [-0.3, -0.25) is 14.6 Å². The highest BCUT2D eigenvalue weighted by molar-refractivity contribution is 6.31. The molecule has 174 valence electrons. The number of likely N-dealkylation sites (N-methyl/N-ethyl adjacent to an activating group) is 1. The predicted molar refractivity (Wildman–Crippen MR) is 122 cm³/mol. The van der Waals surface area contributed by atoms with Gasteiger partial charge in [0.2, 0.25) is 5.91 Å². The zero-order valence-corrected chi connectivity index (χ0v) is 19.8. The minimum atomic E-state index is -0.707. The summed E-state index contributed by atoms with van der Waals surface area (Å²) in [5.74, 6) is -0.344. The van der Waals surface area contributed by atoms with Gasteiger partial charge < -0.3 is 15.0 Å². The Labute approximate surface area is 194 Å². The van der Waals surface area contributed by atoms with Gasteiger partial charge >= 0.3 is 12.0 Å². The van der Waals surface area contributed by atoms with Crippen molar-refractivity contribution < 1.29 is 19.1 Å². The minimum Gasteiger partial charge on any atom is -0.463 e. The normalized spacial score (nSPS) is 22.1. The van der Waals surface area contributed by atoms with Crippen molar-refractivity contribution in [2.45, 2.75) is 39.3 Å². The number of halogens is 1. The van der Waals surface area contributed by atoms with Gasteiger partial charge in [0.05, 0.1) is 18.2 Å². The fraction of sp³-hybridized carbons (Fsp3) is 0.522. The molecule has 1 saturated heterocycles. The number of carbonyl (C=O) groups is 3. The quantitative estimate of drug-likeness (QED) is 0.657. The summed E-state index contributed by atoms with van der Waals surface area (Å²) in [5.41, 5.74) is 1.60. The number of nitrogens with zero attached hydrogens (tertiary/aromatic N) is 3. The highest BCUT2D eigenvalue weighted by Crippen LogP contribution is 2.34. The number of benzene rings is 1. The molecule has 2 aliphatic rings. The second kappa shape index (κ2) is 10.4. The van der Waals surface area contributed by atoms with E-state index in [0.717, 1.165) is 0 Å². The van der Waals surface area contributed by atoms with E-state index < -0.39 is 12.0 Å². The zero-order valence-electron chi connectivity index (χ0n) is 19.1. The lowest BCUT2D eigenvalue weighted by Gasteiger charge is -2.42. The Balaban J connectivity index is 1.97. The molecule has 1 fully saturated rings.